The summed E-state index contributed by atoms with van der Waals surface area (Å²) in [4.78, 5) is 7.06. The van der Waals surface area contributed by atoms with Gasteiger partial charge in [0.15, 0.2) is 5.13 Å². The second kappa shape index (κ2) is 6.68. The third-order valence-electron chi connectivity index (χ3n) is 2.96. The van der Waals surface area contributed by atoms with Gasteiger partial charge in [-0.15, -0.1) is 28.3 Å². The van der Waals surface area contributed by atoms with Crippen molar-refractivity contribution in [3.05, 3.63) is 46.3 Å². The van der Waals surface area contributed by atoms with E-state index in [1.165, 1.54) is 5.56 Å². The molecule has 0 spiro atoms. The van der Waals surface area contributed by atoms with Gasteiger partial charge in [0.2, 0.25) is 0 Å². The van der Waals surface area contributed by atoms with Crippen molar-refractivity contribution in [1.82, 2.24) is 4.98 Å². The quantitative estimate of drug-likeness (QED) is 0.664. The lowest BCUT2D eigenvalue weighted by Gasteiger charge is -2.22. The first kappa shape index (κ1) is 14.8. The lowest BCUT2D eigenvalue weighted by Crippen LogP contribution is -2.26. The van der Waals surface area contributed by atoms with Gasteiger partial charge in [-0.05, 0) is 18.6 Å². The summed E-state index contributed by atoms with van der Waals surface area (Å²) in [5, 5.41) is 3.26. The monoisotopic (exact) mass is 400 g/mol. The van der Waals surface area contributed by atoms with Crippen molar-refractivity contribution >= 4 is 49.4 Å². The van der Waals surface area contributed by atoms with E-state index in [1.54, 1.807) is 11.3 Å². The fraction of sp³-hybridized carbons (Fsp3) is 0.214. The zero-order valence-corrected chi connectivity index (χ0v) is 14.4. The van der Waals surface area contributed by atoms with Crippen molar-refractivity contribution in [2.24, 2.45) is 0 Å². The molecule has 0 saturated heterocycles. The third-order valence-corrected chi connectivity index (χ3v) is 4.39. The van der Waals surface area contributed by atoms with Crippen molar-refractivity contribution < 1.29 is 0 Å². The average Bonchev–Trinajstić information content (AvgIpc) is 2.90. The van der Waals surface area contributed by atoms with Crippen LogP contribution in [0.2, 0.25) is 0 Å². The molecular formula is C14H14Br2N2S. The molecule has 0 aliphatic carbocycles. The maximum Gasteiger partial charge on any atom is 0.186 e. The summed E-state index contributed by atoms with van der Waals surface area (Å²) < 4.78 is 1.10. The summed E-state index contributed by atoms with van der Waals surface area (Å²) in [6, 6.07) is 8.30. The Bertz CT molecular complexity index is 563. The van der Waals surface area contributed by atoms with E-state index in [0.717, 1.165) is 34.8 Å². The molecule has 1 aliphatic heterocycles. The summed E-state index contributed by atoms with van der Waals surface area (Å²) in [5.41, 5.74) is 2.24. The fourth-order valence-electron chi connectivity index (χ4n) is 1.98. The van der Waals surface area contributed by atoms with Crippen LogP contribution >= 0.6 is 44.2 Å². The zero-order chi connectivity index (χ0) is 12.4. The van der Waals surface area contributed by atoms with Crippen LogP contribution in [0.4, 0.5) is 5.13 Å². The van der Waals surface area contributed by atoms with E-state index in [0.29, 0.717) is 0 Å². The van der Waals surface area contributed by atoms with Gasteiger partial charge in [0.05, 0.1) is 5.69 Å². The summed E-state index contributed by atoms with van der Waals surface area (Å²) >= 11 is 5.18. The van der Waals surface area contributed by atoms with Crippen molar-refractivity contribution in [2.45, 2.75) is 6.42 Å². The Morgan fingerprint density at radius 2 is 1.95 bits per heavy atom. The number of aromatic nitrogens is 1. The molecule has 2 aromatic rings. The average molecular weight is 402 g/mol. The largest absolute Gasteiger partial charge is 0.344 e. The van der Waals surface area contributed by atoms with Gasteiger partial charge in [-0.2, -0.15) is 0 Å². The van der Waals surface area contributed by atoms with Crippen LogP contribution in [0.15, 0.2) is 46.3 Å². The molecule has 100 valence electrons. The van der Waals surface area contributed by atoms with E-state index in [-0.39, 0.29) is 17.0 Å². The normalized spacial score (nSPS) is 14.3. The van der Waals surface area contributed by atoms with Gasteiger partial charge in [-0.25, -0.2) is 4.98 Å². The molecular weight excluding hydrogens is 388 g/mol. The first-order chi connectivity index (χ1) is 8.83. The van der Waals surface area contributed by atoms with Gasteiger partial charge < -0.3 is 4.90 Å². The third kappa shape index (κ3) is 3.46. The van der Waals surface area contributed by atoms with Crippen LogP contribution in [0.3, 0.4) is 0 Å². The molecule has 1 aromatic carbocycles. The summed E-state index contributed by atoms with van der Waals surface area (Å²) in [6.45, 7) is 2.05. The van der Waals surface area contributed by atoms with Crippen LogP contribution in [-0.2, 0) is 0 Å². The van der Waals surface area contributed by atoms with Crippen molar-refractivity contribution in [3.8, 4) is 11.3 Å². The van der Waals surface area contributed by atoms with Gasteiger partial charge in [0.1, 0.15) is 0 Å². The molecule has 2 nitrogen and oxygen atoms in total. The van der Waals surface area contributed by atoms with Crippen LogP contribution in [0.25, 0.3) is 11.3 Å². The highest BCUT2D eigenvalue weighted by atomic mass is 79.9. The Labute approximate surface area is 136 Å². The molecule has 0 amide bonds. The standard InChI is InChI=1S/C14H13BrN2S.BrH/c15-12-6-4-11(5-7-12)13-10-18-14(16-13)17-8-2-1-3-9-17;/h1-2,4-7,10H,3,8-9H2;1H. The smallest absolute Gasteiger partial charge is 0.186 e. The molecule has 0 fully saturated rings. The number of halogens is 2. The van der Waals surface area contributed by atoms with Gasteiger partial charge >= 0.3 is 0 Å². The molecule has 3 rings (SSSR count). The number of hydrogen-bond acceptors (Lipinski definition) is 3. The van der Waals surface area contributed by atoms with Gasteiger partial charge in [0.25, 0.3) is 0 Å². The predicted molar refractivity (Wildman–Crippen MR) is 91.5 cm³/mol. The first-order valence-electron chi connectivity index (χ1n) is 5.94. The minimum Gasteiger partial charge on any atom is -0.344 e. The summed E-state index contributed by atoms with van der Waals surface area (Å²) in [6.07, 6.45) is 5.57. The van der Waals surface area contributed by atoms with Gasteiger partial charge in [0, 0.05) is 28.5 Å². The van der Waals surface area contributed by atoms with E-state index in [1.807, 2.05) is 0 Å². The topological polar surface area (TPSA) is 16.1 Å². The molecule has 0 atom stereocenters. The molecule has 1 aliphatic rings. The Kier molecular flexibility index (Phi) is 5.19. The highest BCUT2D eigenvalue weighted by Crippen LogP contribution is 2.28. The predicted octanol–water partition coefficient (Wildman–Crippen LogP) is 4.92. The minimum absolute atomic E-state index is 0. The number of rotatable bonds is 2. The minimum atomic E-state index is 0. The maximum atomic E-state index is 4.73. The van der Waals surface area contributed by atoms with E-state index in [9.17, 15) is 0 Å². The molecule has 5 heteroatoms. The zero-order valence-electron chi connectivity index (χ0n) is 10.3. The molecule has 0 bridgehead atoms. The lowest BCUT2D eigenvalue weighted by atomic mass is 10.2. The number of anilines is 1. The number of thiazole rings is 1. The van der Waals surface area contributed by atoms with Crippen molar-refractivity contribution in [1.29, 1.82) is 0 Å². The molecule has 2 heterocycles. The summed E-state index contributed by atoms with van der Waals surface area (Å²) in [5.74, 6) is 0. The van der Waals surface area contributed by atoms with E-state index >= 15 is 0 Å². The number of nitrogens with zero attached hydrogens (tertiary/aromatic N) is 2. The van der Waals surface area contributed by atoms with E-state index in [4.69, 9.17) is 4.98 Å². The van der Waals surface area contributed by atoms with Crippen LogP contribution in [-0.4, -0.2) is 18.1 Å². The van der Waals surface area contributed by atoms with Crippen LogP contribution in [0.5, 0.6) is 0 Å². The molecule has 1 aromatic heterocycles. The molecule has 19 heavy (non-hydrogen) atoms. The Hall–Kier alpha value is -0.650. The fourth-order valence-corrected chi connectivity index (χ4v) is 3.11. The highest BCUT2D eigenvalue weighted by Gasteiger charge is 2.12. The molecule has 0 saturated carbocycles. The lowest BCUT2D eigenvalue weighted by molar-refractivity contribution is 0.817. The van der Waals surface area contributed by atoms with E-state index < -0.39 is 0 Å². The van der Waals surface area contributed by atoms with Crippen molar-refractivity contribution in [3.63, 3.8) is 0 Å². The number of benzene rings is 1. The number of hydrogen-bond donors (Lipinski definition) is 0. The Balaban J connectivity index is 0.00000133. The highest BCUT2D eigenvalue weighted by molar-refractivity contribution is 9.10. The molecule has 0 radical (unpaired) electrons. The molecule has 0 unspecified atom stereocenters. The summed E-state index contributed by atoms with van der Waals surface area (Å²) in [7, 11) is 0. The Morgan fingerprint density at radius 1 is 1.16 bits per heavy atom. The Morgan fingerprint density at radius 3 is 2.63 bits per heavy atom. The van der Waals surface area contributed by atoms with E-state index in [2.05, 4.69) is 62.6 Å². The maximum absolute atomic E-state index is 4.73. The van der Waals surface area contributed by atoms with Crippen LogP contribution in [0.1, 0.15) is 6.42 Å². The van der Waals surface area contributed by atoms with Crippen molar-refractivity contribution in [2.75, 3.05) is 18.0 Å². The van der Waals surface area contributed by atoms with Crippen LogP contribution < -0.4 is 4.90 Å². The van der Waals surface area contributed by atoms with Gasteiger partial charge in [-0.1, -0.05) is 40.2 Å². The van der Waals surface area contributed by atoms with Gasteiger partial charge in [-0.3, -0.25) is 0 Å². The second-order valence-electron chi connectivity index (χ2n) is 4.23. The first-order valence-corrected chi connectivity index (χ1v) is 7.61. The SMILES string of the molecule is Br.Brc1ccc(-c2csc(N3CC=CCC3)n2)cc1. The van der Waals surface area contributed by atoms with Crippen LogP contribution in [0, 0.1) is 0 Å². The molecule has 0 N–H and O–H groups in total. The second-order valence-corrected chi connectivity index (χ2v) is 5.98.